The number of halogens is 2. The Morgan fingerprint density at radius 1 is 1.11 bits per heavy atom. The molecule has 0 aliphatic heterocycles. The second-order valence-electron chi connectivity index (χ2n) is 5.18. The van der Waals surface area contributed by atoms with Gasteiger partial charge in [0, 0.05) is 16.6 Å². The number of hydrogen-bond acceptors (Lipinski definition) is 1. The van der Waals surface area contributed by atoms with Gasteiger partial charge in [0.1, 0.15) is 5.82 Å². The highest BCUT2D eigenvalue weighted by Gasteiger charge is 2.11. The Labute approximate surface area is 121 Å². The molecule has 1 nitrogen and oxygen atoms in total. The average Bonchev–Trinajstić information content (AvgIpc) is 2.37. The Morgan fingerprint density at radius 2 is 1.74 bits per heavy atom. The Hall–Kier alpha value is -0.600. The molecule has 0 radical (unpaired) electrons. The normalized spacial score (nSPS) is 12.6. The van der Waals surface area contributed by atoms with Crippen LogP contribution in [0.4, 0.5) is 4.39 Å². The van der Waals surface area contributed by atoms with E-state index < -0.39 is 0 Å². The van der Waals surface area contributed by atoms with E-state index in [-0.39, 0.29) is 11.9 Å². The van der Waals surface area contributed by atoms with E-state index in [4.69, 9.17) is 17.3 Å². The van der Waals surface area contributed by atoms with Crippen molar-refractivity contribution in [2.24, 2.45) is 5.73 Å². The third-order valence-corrected chi connectivity index (χ3v) is 3.72. The highest BCUT2D eigenvalue weighted by Crippen LogP contribution is 2.23. The van der Waals surface area contributed by atoms with Gasteiger partial charge in [-0.25, -0.2) is 4.39 Å². The van der Waals surface area contributed by atoms with Crippen molar-refractivity contribution < 1.29 is 4.39 Å². The lowest BCUT2D eigenvalue weighted by atomic mass is 10.00. The number of nitrogens with two attached hydrogens (primary N) is 1. The summed E-state index contributed by atoms with van der Waals surface area (Å²) in [4.78, 5) is 0. The van der Waals surface area contributed by atoms with Crippen LogP contribution >= 0.6 is 11.6 Å². The Bertz CT molecular complexity index is 368. The Balaban J connectivity index is 2.22. The van der Waals surface area contributed by atoms with Gasteiger partial charge in [-0.3, -0.25) is 0 Å². The summed E-state index contributed by atoms with van der Waals surface area (Å²) in [5, 5.41) is 0.421. The van der Waals surface area contributed by atoms with Crippen molar-refractivity contribution in [3.05, 3.63) is 34.6 Å². The van der Waals surface area contributed by atoms with Crippen LogP contribution < -0.4 is 5.73 Å². The van der Waals surface area contributed by atoms with Gasteiger partial charge in [0.15, 0.2) is 0 Å². The summed E-state index contributed by atoms with van der Waals surface area (Å²) in [6.45, 7) is 2.22. The number of hydrogen-bond donors (Lipinski definition) is 1. The van der Waals surface area contributed by atoms with Gasteiger partial charge in [-0.2, -0.15) is 0 Å². The van der Waals surface area contributed by atoms with Crippen molar-refractivity contribution in [1.82, 2.24) is 0 Å². The minimum absolute atomic E-state index is 0.215. The summed E-state index contributed by atoms with van der Waals surface area (Å²) >= 11 is 5.73. The van der Waals surface area contributed by atoms with Crippen LogP contribution in [-0.2, 0) is 0 Å². The molecule has 1 rings (SSSR count). The molecular weight excluding hydrogens is 261 g/mol. The summed E-state index contributed by atoms with van der Waals surface area (Å²) in [6, 6.07) is 4.52. The van der Waals surface area contributed by atoms with E-state index in [1.807, 2.05) is 0 Å². The van der Waals surface area contributed by atoms with E-state index in [0.717, 1.165) is 12.8 Å². The second-order valence-corrected chi connectivity index (χ2v) is 5.62. The first-order valence-electron chi connectivity index (χ1n) is 7.35. The SMILES string of the molecule is CCCCCCCCCC(N)c1ccc(Cl)cc1F. The van der Waals surface area contributed by atoms with Gasteiger partial charge in [-0.15, -0.1) is 0 Å². The molecule has 108 valence electrons. The molecule has 0 fully saturated rings. The van der Waals surface area contributed by atoms with Crippen LogP contribution in [0.15, 0.2) is 18.2 Å². The monoisotopic (exact) mass is 285 g/mol. The lowest BCUT2D eigenvalue weighted by Crippen LogP contribution is -2.12. The molecule has 0 saturated carbocycles. The molecular formula is C16H25ClFN. The van der Waals surface area contributed by atoms with Crippen molar-refractivity contribution in [2.75, 3.05) is 0 Å². The quantitative estimate of drug-likeness (QED) is 0.586. The molecule has 1 unspecified atom stereocenters. The minimum Gasteiger partial charge on any atom is -0.324 e. The van der Waals surface area contributed by atoms with Gasteiger partial charge in [0.05, 0.1) is 0 Å². The van der Waals surface area contributed by atoms with Gasteiger partial charge in [0.2, 0.25) is 0 Å². The van der Waals surface area contributed by atoms with Crippen molar-refractivity contribution in [2.45, 2.75) is 64.3 Å². The maximum atomic E-state index is 13.7. The van der Waals surface area contributed by atoms with E-state index >= 15 is 0 Å². The fraction of sp³-hybridized carbons (Fsp3) is 0.625. The lowest BCUT2D eigenvalue weighted by molar-refractivity contribution is 0.520. The van der Waals surface area contributed by atoms with Crippen LogP contribution in [-0.4, -0.2) is 0 Å². The molecule has 2 N–H and O–H groups in total. The number of unbranched alkanes of at least 4 members (excludes halogenated alkanes) is 6. The summed E-state index contributed by atoms with van der Waals surface area (Å²) in [7, 11) is 0. The molecule has 0 spiro atoms. The fourth-order valence-corrected chi connectivity index (χ4v) is 2.44. The third kappa shape index (κ3) is 6.40. The molecule has 1 atom stereocenters. The van der Waals surface area contributed by atoms with Crippen LogP contribution in [0.25, 0.3) is 0 Å². The first-order valence-corrected chi connectivity index (χ1v) is 7.73. The van der Waals surface area contributed by atoms with Crippen molar-refractivity contribution in [3.63, 3.8) is 0 Å². The zero-order chi connectivity index (χ0) is 14.1. The van der Waals surface area contributed by atoms with Crippen LogP contribution in [0.2, 0.25) is 5.02 Å². The Kier molecular flexibility index (Phi) is 8.08. The standard InChI is InChI=1S/C16H25ClFN/c1-2-3-4-5-6-7-8-9-16(19)14-11-10-13(17)12-15(14)18/h10-12,16H,2-9,19H2,1H3. The smallest absolute Gasteiger partial charge is 0.129 e. The zero-order valence-electron chi connectivity index (χ0n) is 11.8. The van der Waals surface area contributed by atoms with Crippen molar-refractivity contribution in [1.29, 1.82) is 0 Å². The van der Waals surface area contributed by atoms with Crippen molar-refractivity contribution in [3.8, 4) is 0 Å². The van der Waals surface area contributed by atoms with Gasteiger partial charge in [-0.05, 0) is 18.6 Å². The summed E-state index contributed by atoms with van der Waals surface area (Å²) < 4.78 is 13.7. The van der Waals surface area contributed by atoms with Crippen LogP contribution in [0.3, 0.4) is 0 Å². The predicted octanol–water partition coefficient (Wildman–Crippen LogP) is 5.62. The molecule has 1 aromatic carbocycles. The van der Waals surface area contributed by atoms with Gasteiger partial charge < -0.3 is 5.73 Å². The summed E-state index contributed by atoms with van der Waals surface area (Å²) in [5.41, 5.74) is 6.60. The van der Waals surface area contributed by atoms with Gasteiger partial charge in [0.25, 0.3) is 0 Å². The van der Waals surface area contributed by atoms with E-state index in [0.29, 0.717) is 10.6 Å². The third-order valence-electron chi connectivity index (χ3n) is 3.48. The first kappa shape index (κ1) is 16.5. The topological polar surface area (TPSA) is 26.0 Å². The van der Waals surface area contributed by atoms with Crippen molar-refractivity contribution >= 4 is 11.6 Å². The molecule has 0 amide bonds. The van der Waals surface area contributed by atoms with Gasteiger partial charge in [-0.1, -0.05) is 69.5 Å². The largest absolute Gasteiger partial charge is 0.324 e. The summed E-state index contributed by atoms with van der Waals surface area (Å²) in [6.07, 6.45) is 9.59. The average molecular weight is 286 g/mol. The number of rotatable bonds is 9. The zero-order valence-corrected chi connectivity index (χ0v) is 12.6. The van der Waals surface area contributed by atoms with E-state index in [2.05, 4.69) is 6.92 Å². The molecule has 3 heteroatoms. The second kappa shape index (κ2) is 9.33. The summed E-state index contributed by atoms with van der Waals surface area (Å²) in [5.74, 6) is -0.289. The van der Waals surface area contributed by atoms with Crippen LogP contribution in [0.1, 0.15) is 69.9 Å². The van der Waals surface area contributed by atoms with E-state index in [9.17, 15) is 4.39 Å². The molecule has 0 aliphatic carbocycles. The maximum absolute atomic E-state index is 13.7. The number of benzene rings is 1. The molecule has 1 aromatic rings. The van der Waals surface area contributed by atoms with E-state index in [1.54, 1.807) is 12.1 Å². The molecule has 0 aliphatic rings. The molecule has 19 heavy (non-hydrogen) atoms. The lowest BCUT2D eigenvalue weighted by Gasteiger charge is -2.13. The first-order chi connectivity index (χ1) is 9.15. The Morgan fingerprint density at radius 3 is 2.37 bits per heavy atom. The van der Waals surface area contributed by atoms with E-state index in [1.165, 1.54) is 44.6 Å². The fourth-order valence-electron chi connectivity index (χ4n) is 2.28. The minimum atomic E-state index is -0.289. The predicted molar refractivity (Wildman–Crippen MR) is 80.9 cm³/mol. The maximum Gasteiger partial charge on any atom is 0.129 e. The highest BCUT2D eigenvalue weighted by atomic mass is 35.5. The molecule has 0 bridgehead atoms. The highest BCUT2D eigenvalue weighted by molar-refractivity contribution is 6.30. The van der Waals surface area contributed by atoms with Crippen LogP contribution in [0, 0.1) is 5.82 Å². The molecule has 0 saturated heterocycles. The molecule has 0 aromatic heterocycles. The molecule has 0 heterocycles. The van der Waals surface area contributed by atoms with Crippen LogP contribution in [0.5, 0.6) is 0 Å². The van der Waals surface area contributed by atoms with Gasteiger partial charge >= 0.3 is 0 Å².